The van der Waals surface area contributed by atoms with Crippen molar-refractivity contribution < 1.29 is 12.8 Å². The molecule has 6 heteroatoms. The number of benzene rings is 1. The highest BCUT2D eigenvalue weighted by atomic mass is 32.2. The van der Waals surface area contributed by atoms with E-state index in [0.717, 1.165) is 10.4 Å². The Morgan fingerprint density at radius 3 is 2.36 bits per heavy atom. The first-order valence-corrected chi connectivity index (χ1v) is 5.28. The van der Waals surface area contributed by atoms with Crippen LogP contribution in [0.25, 0.3) is 0 Å². The molecule has 0 aromatic heterocycles. The maximum atomic E-state index is 13.2. The van der Waals surface area contributed by atoms with Gasteiger partial charge in [0.05, 0.1) is 5.69 Å². The summed E-state index contributed by atoms with van der Waals surface area (Å²) in [5.41, 5.74) is 5.31. The number of nitrogens with zero attached hydrogens (tertiary/aromatic N) is 1. The monoisotopic (exact) mass is 218 g/mol. The van der Waals surface area contributed by atoms with Crippen LogP contribution >= 0.6 is 0 Å². The number of anilines is 1. The zero-order chi connectivity index (χ0) is 10.9. The van der Waals surface area contributed by atoms with Crippen molar-refractivity contribution in [1.29, 1.82) is 0 Å². The van der Waals surface area contributed by atoms with Gasteiger partial charge in [-0.25, -0.2) is 17.1 Å². The Morgan fingerprint density at radius 1 is 1.36 bits per heavy atom. The lowest BCUT2D eigenvalue weighted by Gasteiger charge is -2.13. The summed E-state index contributed by atoms with van der Waals surface area (Å²) in [5, 5.41) is 0. The average molecular weight is 218 g/mol. The van der Waals surface area contributed by atoms with Gasteiger partial charge in [-0.3, -0.25) is 0 Å². The largest absolute Gasteiger partial charge is 0.398 e. The minimum atomic E-state index is -3.80. The lowest BCUT2D eigenvalue weighted by Crippen LogP contribution is -2.24. The summed E-state index contributed by atoms with van der Waals surface area (Å²) in [6.45, 7) is 0. The molecule has 0 aliphatic heterocycles. The molecule has 78 valence electrons. The Kier molecular flexibility index (Phi) is 2.77. The van der Waals surface area contributed by atoms with Gasteiger partial charge in [0.15, 0.2) is 0 Å². The SMILES string of the molecule is CN(C)S(=O)(=O)c1c(N)cccc1F. The van der Waals surface area contributed by atoms with E-state index in [1.807, 2.05) is 0 Å². The van der Waals surface area contributed by atoms with Crippen LogP contribution in [0.1, 0.15) is 0 Å². The summed E-state index contributed by atoms with van der Waals surface area (Å²) in [5.74, 6) is -0.835. The van der Waals surface area contributed by atoms with E-state index in [1.165, 1.54) is 26.2 Å². The Balaban J connectivity index is 3.48. The number of rotatable bonds is 2. The van der Waals surface area contributed by atoms with E-state index in [2.05, 4.69) is 0 Å². The Hall–Kier alpha value is -1.14. The van der Waals surface area contributed by atoms with Crippen LogP contribution in [0.4, 0.5) is 10.1 Å². The third kappa shape index (κ3) is 1.71. The number of sulfonamides is 1. The molecule has 0 spiro atoms. The quantitative estimate of drug-likeness (QED) is 0.742. The number of nitrogen functional groups attached to an aromatic ring is 1. The maximum Gasteiger partial charge on any atom is 0.247 e. The van der Waals surface area contributed by atoms with Crippen LogP contribution < -0.4 is 5.73 Å². The van der Waals surface area contributed by atoms with Gasteiger partial charge in [0.25, 0.3) is 0 Å². The van der Waals surface area contributed by atoms with Gasteiger partial charge >= 0.3 is 0 Å². The van der Waals surface area contributed by atoms with Crippen molar-refractivity contribution in [2.75, 3.05) is 19.8 Å². The number of nitrogens with two attached hydrogens (primary N) is 1. The van der Waals surface area contributed by atoms with Crippen molar-refractivity contribution in [1.82, 2.24) is 4.31 Å². The molecule has 0 heterocycles. The number of hydrogen-bond donors (Lipinski definition) is 1. The van der Waals surface area contributed by atoms with E-state index >= 15 is 0 Å². The minimum Gasteiger partial charge on any atom is -0.398 e. The molecule has 14 heavy (non-hydrogen) atoms. The molecule has 1 aromatic rings. The molecule has 0 saturated heterocycles. The van der Waals surface area contributed by atoms with Crippen molar-refractivity contribution >= 4 is 15.7 Å². The lowest BCUT2D eigenvalue weighted by molar-refractivity contribution is 0.509. The van der Waals surface area contributed by atoms with E-state index in [9.17, 15) is 12.8 Å². The van der Waals surface area contributed by atoms with Crippen LogP contribution in [0.15, 0.2) is 23.1 Å². The normalized spacial score (nSPS) is 12.0. The zero-order valence-electron chi connectivity index (χ0n) is 7.86. The van der Waals surface area contributed by atoms with Crippen molar-refractivity contribution in [3.05, 3.63) is 24.0 Å². The first-order valence-electron chi connectivity index (χ1n) is 3.84. The Bertz CT molecular complexity index is 422. The fourth-order valence-electron chi connectivity index (χ4n) is 0.980. The van der Waals surface area contributed by atoms with Crippen LogP contribution in [0, 0.1) is 5.82 Å². The van der Waals surface area contributed by atoms with Crippen molar-refractivity contribution in [3.63, 3.8) is 0 Å². The van der Waals surface area contributed by atoms with E-state index in [4.69, 9.17) is 5.73 Å². The molecule has 0 aliphatic carbocycles. The highest BCUT2D eigenvalue weighted by Crippen LogP contribution is 2.23. The van der Waals surface area contributed by atoms with E-state index in [1.54, 1.807) is 0 Å². The highest BCUT2D eigenvalue weighted by molar-refractivity contribution is 7.89. The van der Waals surface area contributed by atoms with Gasteiger partial charge < -0.3 is 5.73 Å². The van der Waals surface area contributed by atoms with Gasteiger partial charge in [-0.15, -0.1) is 0 Å². The molecule has 2 N–H and O–H groups in total. The summed E-state index contributed by atoms with van der Waals surface area (Å²) in [6.07, 6.45) is 0. The van der Waals surface area contributed by atoms with Crippen LogP contribution in [0.5, 0.6) is 0 Å². The highest BCUT2D eigenvalue weighted by Gasteiger charge is 2.24. The van der Waals surface area contributed by atoms with Crippen LogP contribution in [0.2, 0.25) is 0 Å². The second-order valence-corrected chi connectivity index (χ2v) is 5.03. The van der Waals surface area contributed by atoms with E-state index in [0.29, 0.717) is 0 Å². The molecule has 0 amide bonds. The van der Waals surface area contributed by atoms with Gasteiger partial charge in [-0.2, -0.15) is 0 Å². The molecule has 0 aliphatic rings. The molecule has 0 fully saturated rings. The molecule has 1 aromatic carbocycles. The molecule has 0 bridgehead atoms. The topological polar surface area (TPSA) is 63.4 Å². The van der Waals surface area contributed by atoms with Gasteiger partial charge in [0, 0.05) is 14.1 Å². The zero-order valence-corrected chi connectivity index (χ0v) is 8.68. The second kappa shape index (κ2) is 3.55. The smallest absolute Gasteiger partial charge is 0.247 e. The first kappa shape index (κ1) is 10.9. The van der Waals surface area contributed by atoms with Crippen molar-refractivity contribution in [2.24, 2.45) is 0 Å². The molecule has 4 nitrogen and oxygen atoms in total. The summed E-state index contributed by atoms with van der Waals surface area (Å²) in [6, 6.07) is 3.77. The Labute approximate surface area is 82.2 Å². The van der Waals surface area contributed by atoms with Crippen molar-refractivity contribution in [2.45, 2.75) is 4.90 Å². The fraction of sp³-hybridized carbons (Fsp3) is 0.250. The molecular weight excluding hydrogens is 207 g/mol. The molecule has 0 atom stereocenters. The maximum absolute atomic E-state index is 13.2. The van der Waals surface area contributed by atoms with Gasteiger partial charge in [-0.05, 0) is 12.1 Å². The predicted molar refractivity (Wildman–Crippen MR) is 51.7 cm³/mol. The third-order valence-electron chi connectivity index (χ3n) is 1.74. The van der Waals surface area contributed by atoms with Crippen LogP contribution in [-0.2, 0) is 10.0 Å². The summed E-state index contributed by atoms with van der Waals surface area (Å²) >= 11 is 0. The standard InChI is InChI=1S/C8H11FN2O2S/c1-11(2)14(12,13)8-6(9)4-3-5-7(8)10/h3-5H,10H2,1-2H3. The summed E-state index contributed by atoms with van der Waals surface area (Å²) in [7, 11) is -1.16. The fourth-order valence-corrected chi connectivity index (χ4v) is 2.03. The molecule has 0 saturated carbocycles. The van der Waals surface area contributed by atoms with Gasteiger partial charge in [0.2, 0.25) is 10.0 Å². The molecular formula is C8H11FN2O2S. The molecule has 1 rings (SSSR count). The van der Waals surface area contributed by atoms with Gasteiger partial charge in [-0.1, -0.05) is 6.07 Å². The third-order valence-corrected chi connectivity index (χ3v) is 3.64. The summed E-state index contributed by atoms with van der Waals surface area (Å²) in [4.78, 5) is -0.468. The average Bonchev–Trinajstić information content (AvgIpc) is 2.02. The van der Waals surface area contributed by atoms with Crippen LogP contribution in [0.3, 0.4) is 0 Å². The number of hydrogen-bond acceptors (Lipinski definition) is 3. The van der Waals surface area contributed by atoms with Gasteiger partial charge in [0.1, 0.15) is 10.7 Å². The lowest BCUT2D eigenvalue weighted by atomic mass is 10.3. The molecule has 0 unspecified atom stereocenters. The first-order chi connectivity index (χ1) is 6.37. The molecule has 0 radical (unpaired) electrons. The van der Waals surface area contributed by atoms with E-state index in [-0.39, 0.29) is 5.69 Å². The Morgan fingerprint density at radius 2 is 1.93 bits per heavy atom. The van der Waals surface area contributed by atoms with Crippen LogP contribution in [-0.4, -0.2) is 26.8 Å². The minimum absolute atomic E-state index is 0.0845. The van der Waals surface area contributed by atoms with Crippen molar-refractivity contribution in [3.8, 4) is 0 Å². The predicted octanol–water partition coefficient (Wildman–Crippen LogP) is 0.658. The second-order valence-electron chi connectivity index (χ2n) is 2.95. The van der Waals surface area contributed by atoms with E-state index < -0.39 is 20.7 Å². The number of halogens is 1. The summed E-state index contributed by atoms with van der Waals surface area (Å²) < 4.78 is 37.3.